The summed E-state index contributed by atoms with van der Waals surface area (Å²) in [5.74, 6) is -0.920. The Labute approximate surface area is 246 Å². The highest BCUT2D eigenvalue weighted by atomic mass is 79.9. The number of carbonyl (C=O) groups is 2. The molecule has 2 amide bonds. The van der Waals surface area contributed by atoms with E-state index in [-0.39, 0.29) is 40.6 Å². The van der Waals surface area contributed by atoms with Crippen molar-refractivity contribution >= 4 is 59.4 Å². The number of methoxy groups -OCH3 is 1. The third-order valence-electron chi connectivity index (χ3n) is 7.23. The lowest BCUT2D eigenvalue weighted by molar-refractivity contribution is -0.167. The number of hydrogen-bond donors (Lipinski definition) is 1. The largest absolute Gasteiger partial charge is 0.495 e. The van der Waals surface area contributed by atoms with Gasteiger partial charge in [0.25, 0.3) is 0 Å². The number of carbonyl (C=O) groups excluding carboxylic acids is 2. The summed E-state index contributed by atoms with van der Waals surface area (Å²) in [6.45, 7) is -0.511. The maximum absolute atomic E-state index is 14.2. The van der Waals surface area contributed by atoms with Crippen LogP contribution in [0.3, 0.4) is 0 Å². The molecule has 2 heterocycles. The first-order valence-electron chi connectivity index (χ1n) is 12.5. The fraction of sp³-hybridized carbons (Fsp3) is 0.440. The fourth-order valence-electron chi connectivity index (χ4n) is 5.29. The molecule has 1 saturated carbocycles. The quantitative estimate of drug-likeness (QED) is 0.451. The molecule has 3 unspecified atom stereocenters. The van der Waals surface area contributed by atoms with Gasteiger partial charge in [-0.25, -0.2) is 21.6 Å². The number of sulfonamides is 2. The Kier molecular flexibility index (Phi) is 7.96. The number of amides is 2. The molecule has 1 N–H and O–H groups in total. The van der Waals surface area contributed by atoms with Gasteiger partial charge in [0.05, 0.1) is 19.9 Å². The van der Waals surface area contributed by atoms with Gasteiger partial charge in [-0.1, -0.05) is 39.7 Å². The molecule has 2 aromatic carbocycles. The van der Waals surface area contributed by atoms with Crippen LogP contribution in [0.15, 0.2) is 51.8 Å². The Bertz CT molecular complexity index is 1550. The van der Waals surface area contributed by atoms with E-state index in [0.717, 1.165) is 33.4 Å². The van der Waals surface area contributed by atoms with Crippen molar-refractivity contribution in [3.8, 4) is 5.75 Å². The topological polar surface area (TPSA) is 133 Å². The summed E-state index contributed by atoms with van der Waals surface area (Å²) < 4.78 is 62.4. The Morgan fingerprint density at radius 3 is 2.30 bits per heavy atom. The zero-order chi connectivity index (χ0) is 29.0. The van der Waals surface area contributed by atoms with E-state index in [1.807, 2.05) is 24.3 Å². The first-order valence-corrected chi connectivity index (χ1v) is 17.0. The molecule has 3 aliphatic rings. The maximum Gasteiger partial charge on any atom is 0.248 e. The Balaban J connectivity index is 1.64. The van der Waals surface area contributed by atoms with E-state index < -0.39 is 50.7 Å². The molecule has 216 valence electrons. The number of hydrogen-bond acceptors (Lipinski definition) is 7. The first-order chi connectivity index (χ1) is 18.8. The van der Waals surface area contributed by atoms with Crippen molar-refractivity contribution in [2.75, 3.05) is 26.5 Å². The molecule has 3 fully saturated rings. The maximum atomic E-state index is 14.2. The van der Waals surface area contributed by atoms with Crippen molar-refractivity contribution in [1.29, 1.82) is 0 Å². The molecule has 3 atom stereocenters. The smallest absolute Gasteiger partial charge is 0.248 e. The van der Waals surface area contributed by atoms with E-state index in [1.54, 1.807) is 4.90 Å². The monoisotopic (exact) mass is 674 g/mol. The van der Waals surface area contributed by atoms with Gasteiger partial charge in [-0.15, -0.1) is 0 Å². The summed E-state index contributed by atoms with van der Waals surface area (Å²) in [5, 5.41) is 0.154. The lowest BCUT2D eigenvalue weighted by Gasteiger charge is -2.53. The SMILES string of the molecule is COc1ccc(Cl)cc1S(=O)(=O)N1CC(NS(C)(=O)=O)C(=O)N2C(Cc3ccc(Br)cc3)C(=O)N(C3CC3)CC21. The summed E-state index contributed by atoms with van der Waals surface area (Å²) in [6.07, 6.45) is 1.50. The van der Waals surface area contributed by atoms with Crippen LogP contribution in [0.1, 0.15) is 18.4 Å². The first kappa shape index (κ1) is 29.3. The minimum atomic E-state index is -4.41. The molecule has 1 aliphatic carbocycles. The second kappa shape index (κ2) is 10.9. The molecule has 5 rings (SSSR count). The van der Waals surface area contributed by atoms with Crippen LogP contribution in [0.4, 0.5) is 0 Å². The Hall–Kier alpha value is -2.23. The van der Waals surface area contributed by atoms with Gasteiger partial charge in [-0.05, 0) is 48.7 Å². The minimum absolute atomic E-state index is 0.0396. The molecule has 0 bridgehead atoms. The van der Waals surface area contributed by atoms with Crippen molar-refractivity contribution in [1.82, 2.24) is 18.8 Å². The predicted molar refractivity (Wildman–Crippen MR) is 151 cm³/mol. The second-order valence-electron chi connectivity index (χ2n) is 10.1. The summed E-state index contributed by atoms with van der Waals surface area (Å²) in [5.41, 5.74) is 0.759. The van der Waals surface area contributed by atoms with Gasteiger partial charge in [-0.3, -0.25) is 9.59 Å². The average Bonchev–Trinajstić information content (AvgIpc) is 3.73. The summed E-state index contributed by atoms with van der Waals surface area (Å²) in [6, 6.07) is 8.88. The van der Waals surface area contributed by atoms with Crippen LogP contribution in [0, 0.1) is 0 Å². The normalized spacial score (nSPS) is 24.2. The van der Waals surface area contributed by atoms with E-state index in [9.17, 15) is 26.4 Å². The molecule has 11 nitrogen and oxygen atoms in total. The Morgan fingerprint density at radius 2 is 1.70 bits per heavy atom. The van der Waals surface area contributed by atoms with Crippen LogP contribution in [-0.2, 0) is 36.1 Å². The molecule has 2 aromatic rings. The van der Waals surface area contributed by atoms with E-state index in [2.05, 4.69) is 20.7 Å². The number of nitrogens with one attached hydrogen (secondary N) is 1. The van der Waals surface area contributed by atoms with Crippen molar-refractivity contribution in [2.24, 2.45) is 0 Å². The standard InChI is InChI=1S/C25H28BrClN4O7S2/c1-38-21-10-7-17(27)12-22(21)40(36,37)30-13-19(28-39(2,34)35)24(32)31-20(11-15-3-5-16(26)6-4-15)25(33)29(14-23(30)31)18-8-9-18/h3-7,10,12,18-20,23,28H,8-9,11,13-14H2,1-2H3. The van der Waals surface area contributed by atoms with Crippen LogP contribution < -0.4 is 9.46 Å². The molecule has 0 radical (unpaired) electrons. The highest BCUT2D eigenvalue weighted by molar-refractivity contribution is 9.10. The molecule has 0 aromatic heterocycles. The summed E-state index contributed by atoms with van der Waals surface area (Å²) in [7, 11) is -7.00. The predicted octanol–water partition coefficient (Wildman–Crippen LogP) is 1.80. The number of halogens is 2. The number of benzene rings is 2. The number of rotatable bonds is 8. The van der Waals surface area contributed by atoms with Gasteiger partial charge in [0.1, 0.15) is 28.9 Å². The highest BCUT2D eigenvalue weighted by Gasteiger charge is 2.56. The zero-order valence-corrected chi connectivity index (χ0v) is 25.6. The number of fused-ring (bicyclic) bond motifs is 1. The van der Waals surface area contributed by atoms with Gasteiger partial charge >= 0.3 is 0 Å². The van der Waals surface area contributed by atoms with Crippen LogP contribution in [0.25, 0.3) is 0 Å². The Morgan fingerprint density at radius 1 is 1.02 bits per heavy atom. The van der Waals surface area contributed by atoms with Gasteiger partial charge in [0.15, 0.2) is 0 Å². The molecule has 2 saturated heterocycles. The lowest BCUT2D eigenvalue weighted by atomic mass is 9.97. The van der Waals surface area contributed by atoms with Crippen molar-refractivity contribution in [2.45, 2.75) is 48.4 Å². The minimum Gasteiger partial charge on any atom is -0.495 e. The summed E-state index contributed by atoms with van der Waals surface area (Å²) >= 11 is 9.55. The van der Waals surface area contributed by atoms with Crippen LogP contribution in [0.2, 0.25) is 5.02 Å². The van der Waals surface area contributed by atoms with E-state index in [1.165, 1.54) is 30.2 Å². The highest BCUT2D eigenvalue weighted by Crippen LogP contribution is 2.38. The van der Waals surface area contributed by atoms with Crippen molar-refractivity contribution in [3.05, 3.63) is 57.5 Å². The molecule has 40 heavy (non-hydrogen) atoms. The van der Waals surface area contributed by atoms with Crippen LogP contribution >= 0.6 is 27.5 Å². The van der Waals surface area contributed by atoms with Gasteiger partial charge in [0, 0.05) is 28.5 Å². The number of piperazine rings is 1. The van der Waals surface area contributed by atoms with Crippen molar-refractivity contribution < 1.29 is 31.2 Å². The second-order valence-corrected chi connectivity index (χ2v) is 15.1. The fourth-order valence-corrected chi connectivity index (χ4v) is 8.25. The molecule has 15 heteroatoms. The van der Waals surface area contributed by atoms with E-state index in [0.29, 0.717) is 0 Å². The van der Waals surface area contributed by atoms with Crippen LogP contribution in [-0.4, -0.2) is 93.5 Å². The van der Waals surface area contributed by atoms with Gasteiger partial charge in [0.2, 0.25) is 31.9 Å². The number of ether oxygens (including phenoxy) is 1. The number of nitrogens with zero attached hydrogens (tertiary/aromatic N) is 3. The molecular formula is C25H28BrClN4O7S2. The molecular weight excluding hydrogens is 648 g/mol. The van der Waals surface area contributed by atoms with Gasteiger partial charge in [-0.2, -0.15) is 4.31 Å². The van der Waals surface area contributed by atoms with Crippen LogP contribution in [0.5, 0.6) is 5.75 Å². The van der Waals surface area contributed by atoms with Gasteiger partial charge < -0.3 is 14.5 Å². The average molecular weight is 676 g/mol. The molecule has 2 aliphatic heterocycles. The summed E-state index contributed by atoms with van der Waals surface area (Å²) in [4.78, 5) is 30.4. The third-order valence-corrected chi connectivity index (χ3v) is 10.6. The third kappa shape index (κ3) is 5.74. The molecule has 0 spiro atoms. The van der Waals surface area contributed by atoms with E-state index >= 15 is 0 Å². The zero-order valence-electron chi connectivity index (χ0n) is 21.7. The lowest BCUT2D eigenvalue weighted by Crippen LogP contribution is -2.76. The van der Waals surface area contributed by atoms with E-state index in [4.69, 9.17) is 16.3 Å². The van der Waals surface area contributed by atoms with Crippen molar-refractivity contribution in [3.63, 3.8) is 0 Å².